The number of aliphatic carboxylic acids is 2. The molecule has 1 aromatic heterocycles. The molecule has 3 amide bonds. The molecule has 38 heavy (non-hydrogen) atoms. The summed E-state index contributed by atoms with van der Waals surface area (Å²) in [4.78, 5) is 68.7. The number of hydrogen-bond acceptors (Lipinski definition) is 7. The Labute approximate surface area is 219 Å². The Kier molecular flexibility index (Phi) is 11.4. The molecule has 13 nitrogen and oxygen atoms in total. The van der Waals surface area contributed by atoms with Crippen LogP contribution in [0.1, 0.15) is 37.9 Å². The number of rotatable bonds is 15. The Morgan fingerprint density at radius 2 is 1.53 bits per heavy atom. The maximum Gasteiger partial charge on any atom is 0.326 e. The Morgan fingerprint density at radius 1 is 0.921 bits per heavy atom. The van der Waals surface area contributed by atoms with Gasteiger partial charge < -0.3 is 36.9 Å². The quantitative estimate of drug-likeness (QED) is 0.159. The number of carbonyl (C=O) groups excluding carboxylic acids is 3. The molecule has 0 aliphatic rings. The number of nitrogens with two attached hydrogens (primary N) is 1. The summed E-state index contributed by atoms with van der Waals surface area (Å²) in [6.45, 7) is 3.58. The summed E-state index contributed by atoms with van der Waals surface area (Å²) in [7, 11) is 0. The molecule has 1 heterocycles. The van der Waals surface area contributed by atoms with Crippen molar-refractivity contribution >= 4 is 29.7 Å². The summed E-state index contributed by atoms with van der Waals surface area (Å²) in [6, 6.07) is 3.59. The van der Waals surface area contributed by atoms with Crippen molar-refractivity contribution in [2.45, 2.75) is 63.7 Å². The van der Waals surface area contributed by atoms with Crippen LogP contribution in [0.3, 0.4) is 0 Å². The molecule has 0 saturated carbocycles. The standard InChI is InChI=1S/C25H34N6O7/c1-3-14(2)21(26)24(36)30-18(11-20(32)33)23(35)29-17(10-16-12-27-13-28-16)22(34)31-19(25(37)38)9-15-7-5-4-6-8-15/h4-8,12-14,17-19,21H,3,9-11,26H2,1-2H3,(H,27,28)(H,29,35)(H,30,36)(H,31,34)(H,32,33)(H,37,38). The number of carboxylic acids is 2. The highest BCUT2D eigenvalue weighted by molar-refractivity contribution is 5.95. The van der Waals surface area contributed by atoms with Crippen LogP contribution >= 0.6 is 0 Å². The number of carbonyl (C=O) groups is 5. The Balaban J connectivity index is 2.22. The summed E-state index contributed by atoms with van der Waals surface area (Å²) in [6.07, 6.45) is 2.52. The average Bonchev–Trinajstić information content (AvgIpc) is 3.39. The van der Waals surface area contributed by atoms with Crippen LogP contribution in [0, 0.1) is 5.92 Å². The topological polar surface area (TPSA) is 217 Å². The fraction of sp³-hybridized carbons (Fsp3) is 0.440. The number of aromatic amines is 1. The molecule has 206 valence electrons. The monoisotopic (exact) mass is 530 g/mol. The van der Waals surface area contributed by atoms with Gasteiger partial charge >= 0.3 is 11.9 Å². The molecule has 0 spiro atoms. The van der Waals surface area contributed by atoms with Crippen LogP contribution in [0.5, 0.6) is 0 Å². The van der Waals surface area contributed by atoms with Crippen molar-refractivity contribution < 1.29 is 34.2 Å². The lowest BCUT2D eigenvalue weighted by Gasteiger charge is -2.25. The molecule has 0 saturated heterocycles. The van der Waals surface area contributed by atoms with Crippen molar-refractivity contribution in [2.75, 3.05) is 0 Å². The number of amides is 3. The molecular formula is C25H34N6O7. The van der Waals surface area contributed by atoms with Crippen LogP contribution in [0.4, 0.5) is 0 Å². The van der Waals surface area contributed by atoms with Crippen LogP contribution in [0.2, 0.25) is 0 Å². The molecule has 5 atom stereocenters. The second-order valence-electron chi connectivity index (χ2n) is 9.00. The minimum atomic E-state index is -1.52. The fourth-order valence-electron chi connectivity index (χ4n) is 3.58. The molecular weight excluding hydrogens is 496 g/mol. The lowest BCUT2D eigenvalue weighted by Crippen LogP contribution is -2.58. The minimum absolute atomic E-state index is 0.00215. The van der Waals surface area contributed by atoms with Crippen LogP contribution in [0.25, 0.3) is 0 Å². The molecule has 1 aromatic carbocycles. The van der Waals surface area contributed by atoms with E-state index in [1.54, 1.807) is 37.3 Å². The molecule has 0 radical (unpaired) electrons. The summed E-state index contributed by atoms with van der Waals surface area (Å²) in [5, 5.41) is 26.2. The third-order valence-corrected chi connectivity index (χ3v) is 6.08. The van der Waals surface area contributed by atoms with E-state index in [4.69, 9.17) is 5.73 Å². The normalized spacial score (nSPS) is 14.8. The van der Waals surface area contributed by atoms with E-state index in [2.05, 4.69) is 25.9 Å². The molecule has 0 bridgehead atoms. The predicted octanol–water partition coefficient (Wildman–Crippen LogP) is -0.418. The van der Waals surface area contributed by atoms with Crippen molar-refractivity contribution in [1.29, 1.82) is 0 Å². The molecule has 2 aromatic rings. The zero-order valence-corrected chi connectivity index (χ0v) is 21.2. The van der Waals surface area contributed by atoms with Gasteiger partial charge in [-0.15, -0.1) is 0 Å². The third kappa shape index (κ3) is 9.32. The van der Waals surface area contributed by atoms with Gasteiger partial charge in [0.25, 0.3) is 0 Å². The molecule has 0 fully saturated rings. The Bertz CT molecular complexity index is 1090. The second kappa shape index (κ2) is 14.5. The molecule has 2 rings (SSSR count). The summed E-state index contributed by atoms with van der Waals surface area (Å²) >= 11 is 0. The van der Waals surface area contributed by atoms with Gasteiger partial charge in [0, 0.05) is 24.7 Å². The molecule has 0 aliphatic heterocycles. The van der Waals surface area contributed by atoms with E-state index < -0.39 is 60.2 Å². The number of hydrogen-bond donors (Lipinski definition) is 7. The van der Waals surface area contributed by atoms with Gasteiger partial charge in [-0.2, -0.15) is 0 Å². The largest absolute Gasteiger partial charge is 0.481 e. The van der Waals surface area contributed by atoms with E-state index in [1.807, 2.05) is 6.92 Å². The molecule has 13 heteroatoms. The van der Waals surface area contributed by atoms with Crippen LogP contribution in [0.15, 0.2) is 42.9 Å². The number of carboxylic acid groups (broad SMARTS) is 2. The zero-order chi connectivity index (χ0) is 28.2. The van der Waals surface area contributed by atoms with Gasteiger partial charge in [0.15, 0.2) is 0 Å². The summed E-state index contributed by atoms with van der Waals surface area (Å²) in [5.74, 6) is -5.31. The van der Waals surface area contributed by atoms with Gasteiger partial charge in [-0.05, 0) is 11.5 Å². The predicted molar refractivity (Wildman–Crippen MR) is 136 cm³/mol. The Hall–Kier alpha value is -4.26. The summed E-state index contributed by atoms with van der Waals surface area (Å²) < 4.78 is 0. The van der Waals surface area contributed by atoms with E-state index >= 15 is 0 Å². The van der Waals surface area contributed by atoms with E-state index in [-0.39, 0.29) is 18.8 Å². The number of nitrogens with zero attached hydrogens (tertiary/aromatic N) is 1. The van der Waals surface area contributed by atoms with E-state index in [1.165, 1.54) is 12.5 Å². The van der Waals surface area contributed by atoms with Crippen molar-refractivity contribution in [3.63, 3.8) is 0 Å². The number of H-pyrrole nitrogens is 1. The number of benzene rings is 1. The van der Waals surface area contributed by atoms with Crippen molar-refractivity contribution in [3.05, 3.63) is 54.1 Å². The third-order valence-electron chi connectivity index (χ3n) is 6.08. The number of imidazole rings is 1. The van der Waals surface area contributed by atoms with E-state index in [0.717, 1.165) is 0 Å². The number of aromatic nitrogens is 2. The Morgan fingerprint density at radius 3 is 2.08 bits per heavy atom. The van der Waals surface area contributed by atoms with Crippen molar-refractivity contribution in [2.24, 2.45) is 11.7 Å². The lowest BCUT2D eigenvalue weighted by molar-refractivity contribution is -0.143. The highest BCUT2D eigenvalue weighted by atomic mass is 16.4. The first-order chi connectivity index (χ1) is 18.0. The lowest BCUT2D eigenvalue weighted by atomic mass is 9.99. The molecule has 0 aliphatic carbocycles. The van der Waals surface area contributed by atoms with Gasteiger partial charge in [0.2, 0.25) is 17.7 Å². The van der Waals surface area contributed by atoms with Crippen LogP contribution < -0.4 is 21.7 Å². The number of nitrogens with one attached hydrogen (secondary N) is 4. The second-order valence-corrected chi connectivity index (χ2v) is 9.00. The summed E-state index contributed by atoms with van der Waals surface area (Å²) in [5.41, 5.74) is 7.05. The van der Waals surface area contributed by atoms with Crippen molar-refractivity contribution in [3.8, 4) is 0 Å². The van der Waals surface area contributed by atoms with Crippen LogP contribution in [-0.4, -0.2) is 74.0 Å². The SMILES string of the molecule is CCC(C)C(N)C(=O)NC(CC(=O)O)C(=O)NC(Cc1cnc[nH]1)C(=O)NC(Cc1ccccc1)C(=O)O. The first-order valence-electron chi connectivity index (χ1n) is 12.1. The average molecular weight is 531 g/mol. The smallest absolute Gasteiger partial charge is 0.326 e. The van der Waals surface area contributed by atoms with E-state index in [9.17, 15) is 34.2 Å². The first-order valence-corrected chi connectivity index (χ1v) is 12.1. The van der Waals surface area contributed by atoms with Crippen LogP contribution in [-0.2, 0) is 36.8 Å². The highest BCUT2D eigenvalue weighted by Crippen LogP contribution is 2.08. The molecule has 5 unspecified atom stereocenters. The highest BCUT2D eigenvalue weighted by Gasteiger charge is 2.32. The first kappa shape index (κ1) is 30.0. The minimum Gasteiger partial charge on any atom is -0.481 e. The molecule has 8 N–H and O–H groups in total. The maximum atomic E-state index is 13.2. The fourth-order valence-corrected chi connectivity index (χ4v) is 3.58. The van der Waals surface area contributed by atoms with Crippen molar-refractivity contribution in [1.82, 2.24) is 25.9 Å². The van der Waals surface area contributed by atoms with Gasteiger partial charge in [-0.1, -0.05) is 50.6 Å². The maximum absolute atomic E-state index is 13.2. The van der Waals surface area contributed by atoms with E-state index in [0.29, 0.717) is 17.7 Å². The van der Waals surface area contributed by atoms with Gasteiger partial charge in [0.1, 0.15) is 18.1 Å². The van der Waals surface area contributed by atoms with Gasteiger partial charge in [0.05, 0.1) is 18.8 Å². The zero-order valence-electron chi connectivity index (χ0n) is 21.2. The van der Waals surface area contributed by atoms with Gasteiger partial charge in [-0.3, -0.25) is 19.2 Å². The van der Waals surface area contributed by atoms with Gasteiger partial charge in [-0.25, -0.2) is 9.78 Å².